The van der Waals surface area contributed by atoms with Crippen molar-refractivity contribution in [3.05, 3.63) is 24.2 Å². The number of ether oxygens (including phenoxy) is 1. The molecule has 0 N–H and O–H groups in total. The molecular formula is C12H21NO5S. The number of rotatable bonds is 7. The Morgan fingerprint density at radius 1 is 1.47 bits per heavy atom. The van der Waals surface area contributed by atoms with Gasteiger partial charge in [-0.3, -0.25) is 9.69 Å². The van der Waals surface area contributed by atoms with Gasteiger partial charge in [0.25, 0.3) is 6.47 Å². The van der Waals surface area contributed by atoms with E-state index >= 15 is 0 Å². The third-order valence-corrected chi connectivity index (χ3v) is 3.01. The van der Waals surface area contributed by atoms with E-state index in [-0.39, 0.29) is 5.75 Å². The molecule has 7 heteroatoms. The van der Waals surface area contributed by atoms with Gasteiger partial charge in [-0.15, -0.1) is 0 Å². The van der Waals surface area contributed by atoms with Gasteiger partial charge >= 0.3 is 0 Å². The number of hydrogen-bond acceptors (Lipinski definition) is 6. The average molecular weight is 291 g/mol. The predicted molar refractivity (Wildman–Crippen MR) is 72.4 cm³/mol. The van der Waals surface area contributed by atoms with Gasteiger partial charge in [-0.25, -0.2) is 8.42 Å². The maximum absolute atomic E-state index is 10.9. The van der Waals surface area contributed by atoms with E-state index in [0.29, 0.717) is 26.2 Å². The van der Waals surface area contributed by atoms with E-state index in [1.807, 2.05) is 24.1 Å². The van der Waals surface area contributed by atoms with Crippen LogP contribution in [0.25, 0.3) is 0 Å². The molecule has 0 aliphatic carbocycles. The quantitative estimate of drug-likeness (QED) is 0.696. The Morgan fingerprint density at radius 3 is 2.53 bits per heavy atom. The summed E-state index contributed by atoms with van der Waals surface area (Å²) in [6, 6.07) is 3.69. The van der Waals surface area contributed by atoms with Crippen molar-refractivity contribution < 1.29 is 22.4 Å². The summed E-state index contributed by atoms with van der Waals surface area (Å²) in [6.07, 6.45) is 2.85. The molecule has 0 aliphatic heterocycles. The standard InChI is InChI=1S/C9H15NO3S.C3H6O2/c1-10(5-7-14(2,11)12)8-9-4-3-6-13-9;1-2-5-3-4/h3-4,6H,5,7-8H2,1-2H3;3H,2H2,1H3. The van der Waals surface area contributed by atoms with Crippen LogP contribution < -0.4 is 0 Å². The highest BCUT2D eigenvalue weighted by atomic mass is 32.2. The summed E-state index contributed by atoms with van der Waals surface area (Å²) in [5.41, 5.74) is 0. The Balaban J connectivity index is 0.000000555. The Kier molecular flexibility index (Phi) is 8.90. The van der Waals surface area contributed by atoms with Crippen LogP contribution in [0.4, 0.5) is 0 Å². The second-order valence-corrected chi connectivity index (χ2v) is 6.26. The van der Waals surface area contributed by atoms with Crippen molar-refractivity contribution in [1.82, 2.24) is 4.90 Å². The van der Waals surface area contributed by atoms with Crippen LogP contribution in [0.1, 0.15) is 12.7 Å². The summed E-state index contributed by atoms with van der Waals surface area (Å²) >= 11 is 0. The third-order valence-electron chi connectivity index (χ3n) is 2.08. The normalized spacial score (nSPS) is 10.7. The van der Waals surface area contributed by atoms with Gasteiger partial charge in [0.15, 0.2) is 0 Å². The first-order valence-corrected chi connectivity index (χ1v) is 7.89. The van der Waals surface area contributed by atoms with Gasteiger partial charge in [-0.2, -0.15) is 0 Å². The van der Waals surface area contributed by atoms with Crippen molar-refractivity contribution in [2.24, 2.45) is 0 Å². The summed E-state index contributed by atoms with van der Waals surface area (Å²) in [5, 5.41) is 0. The third kappa shape index (κ3) is 11.5. The zero-order chi connectivity index (χ0) is 14.7. The summed E-state index contributed by atoms with van der Waals surface area (Å²) in [5.74, 6) is 1.03. The molecule has 0 saturated carbocycles. The summed E-state index contributed by atoms with van der Waals surface area (Å²) in [6.45, 7) is 3.83. The lowest BCUT2D eigenvalue weighted by Gasteiger charge is -2.13. The highest BCUT2D eigenvalue weighted by molar-refractivity contribution is 7.90. The Hall–Kier alpha value is -1.34. The van der Waals surface area contributed by atoms with Crippen LogP contribution >= 0.6 is 0 Å². The molecule has 0 spiro atoms. The van der Waals surface area contributed by atoms with Gasteiger partial charge in [0.05, 0.1) is 25.2 Å². The average Bonchev–Trinajstić information content (AvgIpc) is 2.80. The molecule has 0 unspecified atom stereocenters. The first-order valence-electron chi connectivity index (χ1n) is 5.83. The van der Waals surface area contributed by atoms with Crippen LogP contribution in [0.2, 0.25) is 0 Å². The van der Waals surface area contributed by atoms with Crippen LogP contribution in [0, 0.1) is 0 Å². The number of sulfone groups is 1. The van der Waals surface area contributed by atoms with Gasteiger partial charge in [0, 0.05) is 12.8 Å². The van der Waals surface area contributed by atoms with Gasteiger partial charge in [0.1, 0.15) is 15.6 Å². The maximum Gasteiger partial charge on any atom is 0.293 e. The first-order chi connectivity index (χ1) is 8.89. The van der Waals surface area contributed by atoms with Crippen molar-refractivity contribution >= 4 is 16.3 Å². The van der Waals surface area contributed by atoms with Gasteiger partial charge in [-0.1, -0.05) is 0 Å². The second-order valence-electron chi connectivity index (χ2n) is 4.00. The number of furan rings is 1. The maximum atomic E-state index is 10.9. The van der Waals surface area contributed by atoms with Crippen molar-refractivity contribution in [3.63, 3.8) is 0 Å². The Morgan fingerprint density at radius 2 is 2.16 bits per heavy atom. The van der Waals surface area contributed by atoms with Crippen molar-refractivity contribution in [2.75, 3.05) is 32.2 Å². The molecule has 1 aromatic heterocycles. The first kappa shape index (κ1) is 17.7. The number of carbonyl (C=O) groups excluding carboxylic acids is 1. The minimum Gasteiger partial charge on any atom is -0.468 e. The van der Waals surface area contributed by atoms with E-state index in [0.717, 1.165) is 5.76 Å². The lowest BCUT2D eigenvalue weighted by atomic mass is 10.4. The predicted octanol–water partition coefficient (Wildman–Crippen LogP) is 0.935. The van der Waals surface area contributed by atoms with E-state index < -0.39 is 9.84 Å². The van der Waals surface area contributed by atoms with E-state index in [9.17, 15) is 13.2 Å². The molecule has 0 bridgehead atoms. The fourth-order valence-electron chi connectivity index (χ4n) is 1.14. The topological polar surface area (TPSA) is 76.8 Å². The molecule has 19 heavy (non-hydrogen) atoms. The van der Waals surface area contributed by atoms with E-state index in [2.05, 4.69) is 4.74 Å². The summed E-state index contributed by atoms with van der Waals surface area (Å²) in [7, 11) is -1.00. The molecule has 0 radical (unpaired) electrons. The van der Waals surface area contributed by atoms with Crippen LogP contribution in [0.15, 0.2) is 22.8 Å². The van der Waals surface area contributed by atoms with Crippen molar-refractivity contribution in [2.45, 2.75) is 13.5 Å². The summed E-state index contributed by atoms with van der Waals surface area (Å²) < 4.78 is 31.1. The van der Waals surface area contributed by atoms with Crippen LogP contribution in [-0.4, -0.2) is 52.0 Å². The molecule has 1 aromatic rings. The van der Waals surface area contributed by atoms with E-state index in [1.54, 1.807) is 13.2 Å². The van der Waals surface area contributed by atoms with Crippen LogP contribution in [0.3, 0.4) is 0 Å². The van der Waals surface area contributed by atoms with E-state index in [4.69, 9.17) is 4.42 Å². The number of carbonyl (C=O) groups is 1. The molecule has 6 nitrogen and oxygen atoms in total. The molecule has 110 valence electrons. The lowest BCUT2D eigenvalue weighted by molar-refractivity contribution is -0.128. The molecule has 0 aliphatic rings. The van der Waals surface area contributed by atoms with Gasteiger partial charge in [0.2, 0.25) is 0 Å². The fourth-order valence-corrected chi connectivity index (χ4v) is 1.78. The molecule has 0 fully saturated rings. The smallest absolute Gasteiger partial charge is 0.293 e. The minimum absolute atomic E-state index is 0.185. The second kappa shape index (κ2) is 9.57. The highest BCUT2D eigenvalue weighted by Gasteiger charge is 2.06. The van der Waals surface area contributed by atoms with E-state index in [1.165, 1.54) is 6.26 Å². The minimum atomic E-state index is -2.87. The SMILES string of the molecule is CCOC=O.CN(CCS(C)(=O)=O)Cc1ccco1. The molecule has 0 atom stereocenters. The fraction of sp³-hybridized carbons (Fsp3) is 0.583. The summed E-state index contributed by atoms with van der Waals surface area (Å²) in [4.78, 5) is 11.1. The monoisotopic (exact) mass is 291 g/mol. The van der Waals surface area contributed by atoms with Crippen molar-refractivity contribution in [3.8, 4) is 0 Å². The molecule has 1 heterocycles. The lowest BCUT2D eigenvalue weighted by Crippen LogP contribution is -2.24. The highest BCUT2D eigenvalue weighted by Crippen LogP contribution is 2.03. The van der Waals surface area contributed by atoms with Crippen LogP contribution in [-0.2, 0) is 25.9 Å². The molecule has 0 aromatic carbocycles. The Labute approximate surface area is 114 Å². The van der Waals surface area contributed by atoms with Gasteiger partial charge < -0.3 is 9.15 Å². The molecular weight excluding hydrogens is 270 g/mol. The van der Waals surface area contributed by atoms with Crippen molar-refractivity contribution in [1.29, 1.82) is 0 Å². The largest absolute Gasteiger partial charge is 0.468 e. The zero-order valence-corrected chi connectivity index (χ0v) is 12.4. The van der Waals surface area contributed by atoms with Gasteiger partial charge in [-0.05, 0) is 26.1 Å². The molecule has 1 rings (SSSR count). The number of hydrogen-bond donors (Lipinski definition) is 0. The van der Waals surface area contributed by atoms with Crippen LogP contribution in [0.5, 0.6) is 0 Å². The molecule has 0 saturated heterocycles. The Bertz CT molecular complexity index is 427. The molecule has 0 amide bonds. The zero-order valence-electron chi connectivity index (χ0n) is 11.5. The number of nitrogens with zero attached hydrogens (tertiary/aromatic N) is 1.